The van der Waals surface area contributed by atoms with Crippen molar-refractivity contribution in [1.29, 1.82) is 0 Å². The summed E-state index contributed by atoms with van der Waals surface area (Å²) in [6, 6.07) is 43.5. The molecule has 0 saturated carbocycles. The first-order valence-corrected chi connectivity index (χ1v) is 16.0. The quantitative estimate of drug-likeness (QED) is 0.120. The van der Waals surface area contributed by atoms with Crippen LogP contribution in [-0.2, 0) is 0 Å². The molecule has 5 rings (SSSR count). The molecule has 4 N–H and O–H groups in total. The number of allylic oxidation sites excluding steroid dienone is 9. The van der Waals surface area contributed by atoms with Gasteiger partial charge in [0.2, 0.25) is 0 Å². The van der Waals surface area contributed by atoms with Crippen molar-refractivity contribution in [2.24, 2.45) is 5.73 Å². The van der Waals surface area contributed by atoms with Gasteiger partial charge in [0, 0.05) is 11.9 Å². The Balaban J connectivity index is 0.000000659. The van der Waals surface area contributed by atoms with Gasteiger partial charge in [0.25, 0.3) is 0 Å². The normalized spacial score (nSPS) is 11.6. The highest BCUT2D eigenvalue weighted by Crippen LogP contribution is 2.29. The molecule has 0 spiro atoms. The van der Waals surface area contributed by atoms with Gasteiger partial charge in [0.1, 0.15) is 0 Å². The minimum absolute atomic E-state index is 0.822. The van der Waals surface area contributed by atoms with Gasteiger partial charge < -0.3 is 11.5 Å². The molecule has 0 saturated heterocycles. The van der Waals surface area contributed by atoms with Crippen LogP contribution in [0.15, 0.2) is 195 Å². The Kier molecular flexibility index (Phi) is 12.7. The van der Waals surface area contributed by atoms with Gasteiger partial charge in [-0.1, -0.05) is 159 Å². The van der Waals surface area contributed by atoms with Crippen molar-refractivity contribution in [3.05, 3.63) is 217 Å². The largest absolute Gasteiger partial charge is 0.404 e. The van der Waals surface area contributed by atoms with Crippen LogP contribution in [0.5, 0.6) is 0 Å². The average molecular weight is 625 g/mol. The van der Waals surface area contributed by atoms with Crippen LogP contribution < -0.4 is 11.5 Å². The van der Waals surface area contributed by atoms with E-state index in [0.717, 1.165) is 44.7 Å². The first-order valence-electron chi connectivity index (χ1n) is 16.0. The lowest BCUT2D eigenvalue weighted by Gasteiger charge is -2.09. The van der Waals surface area contributed by atoms with Gasteiger partial charge in [-0.25, -0.2) is 0 Å². The van der Waals surface area contributed by atoms with Crippen LogP contribution in [0.1, 0.15) is 29.2 Å². The number of hydrogen-bond donors (Lipinski definition) is 2. The Hall–Kier alpha value is -6.12. The van der Waals surface area contributed by atoms with Crippen molar-refractivity contribution in [1.82, 2.24) is 0 Å². The zero-order valence-electron chi connectivity index (χ0n) is 27.9. The van der Waals surface area contributed by atoms with Crippen LogP contribution in [-0.4, -0.2) is 0 Å². The zero-order chi connectivity index (χ0) is 34.3. The minimum atomic E-state index is 0.822. The van der Waals surface area contributed by atoms with Crippen molar-refractivity contribution >= 4 is 22.9 Å². The van der Waals surface area contributed by atoms with E-state index in [9.17, 15) is 0 Å². The summed E-state index contributed by atoms with van der Waals surface area (Å²) in [5.74, 6) is 0. The highest BCUT2D eigenvalue weighted by Gasteiger charge is 2.05. The molecule has 2 heteroatoms. The molecule has 5 aromatic rings. The Labute approximate surface area is 286 Å². The van der Waals surface area contributed by atoms with Crippen LogP contribution in [0.3, 0.4) is 0 Å². The van der Waals surface area contributed by atoms with Gasteiger partial charge in [-0.15, -0.1) is 0 Å². The van der Waals surface area contributed by atoms with Gasteiger partial charge >= 0.3 is 0 Å². The first-order chi connectivity index (χ1) is 23.3. The molecule has 0 aliphatic heterocycles. The zero-order valence-corrected chi connectivity index (χ0v) is 27.9. The molecule has 5 aromatic carbocycles. The molecule has 0 heterocycles. The molecule has 0 amide bonds. The maximum Gasteiger partial charge on any atom is 0.0313 e. The molecule has 238 valence electrons. The SMILES string of the molecule is C=C/C(=C\N)c1ccc(C(/C=C\C(=C)C(=C)/C=C\c2cc(-c3cccc(-c4ccccc4)c3)ccc2C)=C/C)cc1.Nc1ccccc1. The molecule has 48 heavy (non-hydrogen) atoms. The predicted molar refractivity (Wildman–Crippen MR) is 212 cm³/mol. The van der Waals surface area contributed by atoms with Crippen LogP contribution in [0.25, 0.3) is 39.5 Å². The fourth-order valence-corrected chi connectivity index (χ4v) is 5.05. The number of nitrogens with two attached hydrogens (primary N) is 2. The molecule has 0 bridgehead atoms. The number of aryl methyl sites for hydroxylation is 1. The van der Waals surface area contributed by atoms with Gasteiger partial charge in [0.05, 0.1) is 0 Å². The maximum absolute atomic E-state index is 5.70. The topological polar surface area (TPSA) is 52.0 Å². The van der Waals surface area contributed by atoms with Gasteiger partial charge in [-0.3, -0.25) is 0 Å². The lowest BCUT2D eigenvalue weighted by molar-refractivity contribution is 1.44. The second-order valence-corrected chi connectivity index (χ2v) is 11.3. The van der Waals surface area contributed by atoms with Gasteiger partial charge in [0.15, 0.2) is 0 Å². The third-order valence-electron chi connectivity index (χ3n) is 7.98. The van der Waals surface area contributed by atoms with Gasteiger partial charge in [-0.05, 0) is 105 Å². The van der Waals surface area contributed by atoms with E-state index < -0.39 is 0 Å². The van der Waals surface area contributed by atoms with Crippen molar-refractivity contribution in [3.63, 3.8) is 0 Å². The van der Waals surface area contributed by atoms with E-state index in [2.05, 4.69) is 136 Å². The number of anilines is 1. The molecular formula is C46H44N2. The molecule has 0 atom stereocenters. The molecule has 2 nitrogen and oxygen atoms in total. The molecule has 0 fully saturated rings. The van der Waals surface area contributed by atoms with Crippen LogP contribution in [0, 0.1) is 6.92 Å². The van der Waals surface area contributed by atoms with E-state index in [-0.39, 0.29) is 0 Å². The standard InChI is InChI=1S/C40H37N.C6H7N/c1-6-32(35-22-24-36(25-23-35)33(7-2)28-41)19-16-29(3)30(4)17-20-37-26-40(21-18-31(37)5)39-15-11-14-38(27-39)34-12-9-8-10-13-34;7-6-4-2-1-3-5-6/h6-28H,2-4,41H2,1,5H3;1-5H,7H2/b19-16-,20-17-,32-6+,33-28+;. The van der Waals surface area contributed by atoms with E-state index >= 15 is 0 Å². The van der Waals surface area contributed by atoms with Crippen molar-refractivity contribution < 1.29 is 0 Å². The highest BCUT2D eigenvalue weighted by atomic mass is 14.5. The summed E-state index contributed by atoms with van der Waals surface area (Å²) in [6.07, 6.45) is 13.7. The van der Waals surface area contributed by atoms with E-state index in [1.807, 2.05) is 55.5 Å². The minimum Gasteiger partial charge on any atom is -0.404 e. The molecule has 0 aliphatic carbocycles. The molecule has 0 aromatic heterocycles. The number of benzene rings is 5. The Morgan fingerprint density at radius 1 is 0.583 bits per heavy atom. The Morgan fingerprint density at radius 2 is 1.12 bits per heavy atom. The van der Waals surface area contributed by atoms with Crippen molar-refractivity contribution in [2.75, 3.05) is 5.73 Å². The van der Waals surface area contributed by atoms with Crippen molar-refractivity contribution in [2.45, 2.75) is 13.8 Å². The van der Waals surface area contributed by atoms with E-state index in [1.165, 1.54) is 27.8 Å². The van der Waals surface area contributed by atoms with E-state index in [1.54, 1.807) is 12.3 Å². The third-order valence-corrected chi connectivity index (χ3v) is 7.98. The lowest BCUT2D eigenvalue weighted by Crippen LogP contribution is -1.88. The Morgan fingerprint density at radius 3 is 1.69 bits per heavy atom. The summed E-state index contributed by atoms with van der Waals surface area (Å²) < 4.78 is 0. The number of nitrogen functional groups attached to an aromatic ring is 1. The smallest absolute Gasteiger partial charge is 0.0313 e. The molecular weight excluding hydrogens is 581 g/mol. The third kappa shape index (κ3) is 9.69. The van der Waals surface area contributed by atoms with Crippen molar-refractivity contribution in [3.8, 4) is 22.3 Å². The molecule has 0 unspecified atom stereocenters. The summed E-state index contributed by atoms with van der Waals surface area (Å²) in [4.78, 5) is 0. The summed E-state index contributed by atoms with van der Waals surface area (Å²) in [5, 5.41) is 0. The molecule has 0 aliphatic rings. The first kappa shape index (κ1) is 34.7. The second kappa shape index (κ2) is 17.5. The summed E-state index contributed by atoms with van der Waals surface area (Å²) in [6.45, 7) is 16.5. The average Bonchev–Trinajstić information content (AvgIpc) is 3.13. The fourth-order valence-electron chi connectivity index (χ4n) is 5.05. The van der Waals surface area contributed by atoms with Crippen LogP contribution in [0.2, 0.25) is 0 Å². The summed E-state index contributed by atoms with van der Waals surface area (Å²) in [5.41, 5.74) is 24.9. The van der Waals surface area contributed by atoms with Crippen LogP contribution >= 0.6 is 0 Å². The van der Waals surface area contributed by atoms with Crippen LogP contribution in [0.4, 0.5) is 5.69 Å². The highest BCUT2D eigenvalue weighted by molar-refractivity contribution is 5.79. The second-order valence-electron chi connectivity index (χ2n) is 11.3. The number of hydrogen-bond acceptors (Lipinski definition) is 2. The van der Waals surface area contributed by atoms with E-state index in [0.29, 0.717) is 0 Å². The summed E-state index contributed by atoms with van der Waals surface area (Å²) >= 11 is 0. The van der Waals surface area contributed by atoms with E-state index in [4.69, 9.17) is 11.5 Å². The summed E-state index contributed by atoms with van der Waals surface area (Å²) in [7, 11) is 0. The fraction of sp³-hybridized carbons (Fsp3) is 0.0435. The number of para-hydroxylation sites is 1. The molecule has 0 radical (unpaired) electrons. The predicted octanol–water partition coefficient (Wildman–Crippen LogP) is 11.9. The number of rotatable bonds is 10. The monoisotopic (exact) mass is 624 g/mol. The van der Waals surface area contributed by atoms with Gasteiger partial charge in [-0.2, -0.15) is 0 Å². The maximum atomic E-state index is 5.70. The Bertz CT molecular complexity index is 1970. The lowest BCUT2D eigenvalue weighted by atomic mass is 9.96.